The Bertz CT molecular complexity index is 238. The van der Waals surface area contributed by atoms with Gasteiger partial charge < -0.3 is 0 Å². The van der Waals surface area contributed by atoms with E-state index in [1.165, 1.54) is 51.4 Å². The van der Waals surface area contributed by atoms with Gasteiger partial charge in [0.1, 0.15) is 0 Å². The molecule has 1 atom stereocenters. The molecular formula is C14H27NOS2. The summed E-state index contributed by atoms with van der Waals surface area (Å²) in [5.74, 6) is 0.879. The topological polar surface area (TPSA) is 29.4 Å². The highest BCUT2D eigenvalue weighted by Crippen LogP contribution is 2.10. The van der Waals surface area contributed by atoms with E-state index in [-0.39, 0.29) is 0 Å². The van der Waals surface area contributed by atoms with Gasteiger partial charge in [0.15, 0.2) is 0 Å². The molecule has 0 amide bonds. The molecule has 4 heteroatoms. The number of unbranched alkanes of at least 4 members (excludes halogenated alkanes) is 9. The summed E-state index contributed by atoms with van der Waals surface area (Å²) in [7, 11) is -0.600. The van der Waals surface area contributed by atoms with Gasteiger partial charge in [0.05, 0.1) is 5.16 Å². The van der Waals surface area contributed by atoms with Crippen molar-refractivity contribution in [3.63, 3.8) is 0 Å². The van der Waals surface area contributed by atoms with Gasteiger partial charge in [0, 0.05) is 29.4 Å². The highest BCUT2D eigenvalue weighted by atomic mass is 32.2. The van der Waals surface area contributed by atoms with E-state index in [9.17, 15) is 4.21 Å². The normalized spacial score (nSPS) is 12.1. The second kappa shape index (κ2) is 15.0. The van der Waals surface area contributed by atoms with E-state index in [1.54, 1.807) is 6.26 Å². The van der Waals surface area contributed by atoms with E-state index < -0.39 is 10.8 Å². The third kappa shape index (κ3) is 16.0. The van der Waals surface area contributed by atoms with Crippen LogP contribution in [0.5, 0.6) is 0 Å². The number of nitrogens with zero attached hydrogens (tertiary/aromatic N) is 1. The summed E-state index contributed by atoms with van der Waals surface area (Å²) >= 11 is 4.51. The summed E-state index contributed by atoms with van der Waals surface area (Å²) in [4.78, 5) is 3.90. The van der Waals surface area contributed by atoms with Crippen molar-refractivity contribution in [1.82, 2.24) is 0 Å². The molecule has 0 aliphatic heterocycles. The van der Waals surface area contributed by atoms with Crippen LogP contribution in [0.2, 0.25) is 0 Å². The first-order chi connectivity index (χ1) is 8.77. The highest BCUT2D eigenvalue weighted by molar-refractivity contribution is 7.84. The van der Waals surface area contributed by atoms with Crippen LogP contribution in [-0.4, -0.2) is 27.9 Å². The number of rotatable bonds is 13. The fourth-order valence-electron chi connectivity index (χ4n) is 1.96. The van der Waals surface area contributed by atoms with Crippen molar-refractivity contribution in [3.8, 4) is 0 Å². The first kappa shape index (κ1) is 17.9. The van der Waals surface area contributed by atoms with E-state index in [4.69, 9.17) is 0 Å². The van der Waals surface area contributed by atoms with E-state index >= 15 is 0 Å². The number of isothiocyanates is 1. The number of hydrogen-bond donors (Lipinski definition) is 0. The van der Waals surface area contributed by atoms with Crippen molar-refractivity contribution in [2.45, 2.75) is 64.2 Å². The predicted octanol–water partition coefficient (Wildman–Crippen LogP) is 4.37. The molecule has 0 heterocycles. The minimum atomic E-state index is -0.600. The van der Waals surface area contributed by atoms with E-state index in [2.05, 4.69) is 22.4 Å². The number of thiocarbonyl (C=S) groups is 1. The predicted molar refractivity (Wildman–Crippen MR) is 85.0 cm³/mol. The molecule has 0 saturated heterocycles. The molecule has 0 aliphatic carbocycles. The van der Waals surface area contributed by atoms with Crippen LogP contribution in [-0.2, 0) is 10.8 Å². The van der Waals surface area contributed by atoms with Crippen molar-refractivity contribution in [2.75, 3.05) is 18.6 Å². The third-order valence-electron chi connectivity index (χ3n) is 3.02. The van der Waals surface area contributed by atoms with Crippen LogP contribution in [0, 0.1) is 0 Å². The van der Waals surface area contributed by atoms with Crippen LogP contribution in [0.25, 0.3) is 0 Å². The molecule has 2 nitrogen and oxygen atoms in total. The molecule has 1 unspecified atom stereocenters. The van der Waals surface area contributed by atoms with Gasteiger partial charge in [-0.15, -0.1) is 0 Å². The first-order valence-electron chi connectivity index (χ1n) is 7.11. The molecule has 0 aromatic carbocycles. The third-order valence-corrected chi connectivity index (χ3v) is 4.01. The minimum absolute atomic E-state index is 0.600. The Kier molecular flexibility index (Phi) is 15.0. The van der Waals surface area contributed by atoms with Gasteiger partial charge >= 0.3 is 0 Å². The fraction of sp³-hybridized carbons (Fsp3) is 0.929. The van der Waals surface area contributed by atoms with Crippen LogP contribution in [0.4, 0.5) is 0 Å². The summed E-state index contributed by atoms with van der Waals surface area (Å²) in [6, 6.07) is 0. The van der Waals surface area contributed by atoms with Crippen molar-refractivity contribution in [3.05, 3.63) is 0 Å². The Labute approximate surface area is 120 Å². The van der Waals surface area contributed by atoms with Crippen molar-refractivity contribution < 1.29 is 4.21 Å². The van der Waals surface area contributed by atoms with Crippen LogP contribution in [0.15, 0.2) is 4.99 Å². The molecule has 0 aliphatic rings. The lowest BCUT2D eigenvalue weighted by Gasteiger charge is -2.01. The Morgan fingerprint density at radius 1 is 0.889 bits per heavy atom. The molecule has 0 rings (SSSR count). The van der Waals surface area contributed by atoms with Gasteiger partial charge in [0.2, 0.25) is 0 Å². The van der Waals surface area contributed by atoms with E-state index in [1.807, 2.05) is 0 Å². The van der Waals surface area contributed by atoms with Crippen LogP contribution >= 0.6 is 12.2 Å². The lowest BCUT2D eigenvalue weighted by atomic mass is 10.1. The van der Waals surface area contributed by atoms with Crippen molar-refractivity contribution >= 4 is 28.2 Å². The summed E-state index contributed by atoms with van der Waals surface area (Å²) in [6.45, 7) is 0.850. The SMILES string of the molecule is CS(=O)CCCCCCCCCCCCN=C=S. The Balaban J connectivity index is 2.98. The molecule has 0 saturated carbocycles. The molecule has 0 bridgehead atoms. The molecule has 106 valence electrons. The monoisotopic (exact) mass is 289 g/mol. The summed E-state index contributed by atoms with van der Waals surface area (Å²) in [5.41, 5.74) is 0. The second-order valence-electron chi connectivity index (χ2n) is 4.79. The molecule has 0 aromatic heterocycles. The first-order valence-corrected chi connectivity index (χ1v) is 9.24. The van der Waals surface area contributed by atoms with Gasteiger partial charge in [0.25, 0.3) is 0 Å². The number of hydrogen-bond acceptors (Lipinski definition) is 3. The van der Waals surface area contributed by atoms with Gasteiger partial charge in [-0.3, -0.25) is 4.21 Å². The maximum absolute atomic E-state index is 10.8. The molecule has 18 heavy (non-hydrogen) atoms. The zero-order valence-corrected chi connectivity index (χ0v) is 13.3. The largest absolute Gasteiger partial charge is 0.260 e. The van der Waals surface area contributed by atoms with Gasteiger partial charge in [-0.25, -0.2) is 4.99 Å². The lowest BCUT2D eigenvalue weighted by molar-refractivity contribution is 0.558. The summed E-state index contributed by atoms with van der Waals surface area (Å²) in [5, 5.41) is 2.40. The molecular weight excluding hydrogens is 262 g/mol. The van der Waals surface area contributed by atoms with Crippen molar-refractivity contribution in [1.29, 1.82) is 0 Å². The Hall–Kier alpha value is -0.0500. The van der Waals surface area contributed by atoms with Crippen LogP contribution in [0.1, 0.15) is 64.2 Å². The van der Waals surface area contributed by atoms with Crippen LogP contribution < -0.4 is 0 Å². The Morgan fingerprint density at radius 2 is 1.33 bits per heavy atom. The molecule has 0 N–H and O–H groups in total. The van der Waals surface area contributed by atoms with E-state index in [0.717, 1.165) is 25.1 Å². The zero-order chi connectivity index (χ0) is 13.5. The van der Waals surface area contributed by atoms with Crippen LogP contribution in [0.3, 0.4) is 0 Å². The quantitative estimate of drug-likeness (QED) is 0.286. The maximum Gasteiger partial charge on any atom is 0.0584 e. The second-order valence-corrected chi connectivity index (χ2v) is 6.52. The molecule has 0 spiro atoms. The van der Waals surface area contributed by atoms with Gasteiger partial charge in [-0.2, -0.15) is 0 Å². The molecule has 0 fully saturated rings. The minimum Gasteiger partial charge on any atom is -0.260 e. The smallest absolute Gasteiger partial charge is 0.0584 e. The summed E-state index contributed by atoms with van der Waals surface area (Å²) < 4.78 is 10.8. The maximum atomic E-state index is 10.8. The van der Waals surface area contributed by atoms with Gasteiger partial charge in [-0.1, -0.05) is 51.4 Å². The fourth-order valence-corrected chi connectivity index (χ4v) is 2.66. The summed E-state index contributed by atoms with van der Waals surface area (Å²) in [6.07, 6.45) is 14.6. The standard InChI is InChI=1S/C14H27NOS2/c1-18(16)13-11-9-7-5-3-2-4-6-8-10-12-15-14-17/h2-13H2,1H3. The molecule has 0 radical (unpaired) electrons. The average Bonchev–Trinajstić information content (AvgIpc) is 2.34. The zero-order valence-electron chi connectivity index (χ0n) is 11.7. The van der Waals surface area contributed by atoms with Gasteiger partial charge in [-0.05, 0) is 25.1 Å². The van der Waals surface area contributed by atoms with Crippen molar-refractivity contribution in [2.24, 2.45) is 4.99 Å². The Morgan fingerprint density at radius 3 is 1.78 bits per heavy atom. The van der Waals surface area contributed by atoms with E-state index in [0.29, 0.717) is 0 Å². The average molecular weight is 290 g/mol. The highest BCUT2D eigenvalue weighted by Gasteiger charge is 1.94. The number of aliphatic imine (C=N–C) groups is 1. The lowest BCUT2D eigenvalue weighted by Crippen LogP contribution is -1.93. The molecule has 0 aromatic rings.